The van der Waals surface area contributed by atoms with Crippen LogP contribution in [-0.4, -0.2) is 65.2 Å². The van der Waals surface area contributed by atoms with Crippen molar-refractivity contribution >= 4 is 16.6 Å². The van der Waals surface area contributed by atoms with Gasteiger partial charge in [-0.2, -0.15) is 10.2 Å². The monoisotopic (exact) mass is 548 g/mol. The average Bonchev–Trinajstić information content (AvgIpc) is 3.69. The van der Waals surface area contributed by atoms with E-state index in [1.807, 2.05) is 36.8 Å². The lowest BCUT2D eigenvalue weighted by atomic mass is 9.74. The number of aliphatic hydroxyl groups is 1. The summed E-state index contributed by atoms with van der Waals surface area (Å²) < 4.78 is 28.4. The standard InChI is InChI=1S/C28H33FN8O3/c1-4-40-21-11-22(25-23-14-31-34-26(23)35-37(25)16-21)18-7-9-28(39-3,10-8-18)27(38)33-17(2)19-5-6-24(30-12-19)36-15-20(29)13-32-36/h5-6,11-18,27,33,38H,4,7-10H2,1-3H3,(H,34,35)/t17-,18?,27?,28?/m0/s1. The number of aromatic amines is 1. The fraction of sp³-hybridized carbons (Fsp3) is 0.429. The van der Waals surface area contributed by atoms with Crippen molar-refractivity contribution < 1.29 is 19.0 Å². The van der Waals surface area contributed by atoms with Gasteiger partial charge in [-0.3, -0.25) is 10.4 Å². The fourth-order valence-corrected chi connectivity index (χ4v) is 5.83. The van der Waals surface area contributed by atoms with Gasteiger partial charge in [0.15, 0.2) is 17.3 Å². The highest BCUT2D eigenvalue weighted by molar-refractivity contribution is 5.94. The molecule has 11 nitrogen and oxygen atoms in total. The van der Waals surface area contributed by atoms with Crippen LogP contribution in [0.4, 0.5) is 4.39 Å². The van der Waals surface area contributed by atoms with Gasteiger partial charge in [-0.1, -0.05) is 6.07 Å². The topological polar surface area (TPSA) is 127 Å². The zero-order chi connectivity index (χ0) is 27.9. The molecule has 1 unspecified atom stereocenters. The fourth-order valence-electron chi connectivity index (χ4n) is 5.83. The second kappa shape index (κ2) is 10.6. The van der Waals surface area contributed by atoms with Crippen LogP contribution in [0.3, 0.4) is 0 Å². The highest BCUT2D eigenvalue weighted by atomic mass is 19.1. The van der Waals surface area contributed by atoms with Crippen molar-refractivity contribution in [3.8, 4) is 11.6 Å². The van der Waals surface area contributed by atoms with E-state index in [2.05, 4.69) is 36.8 Å². The predicted molar refractivity (Wildman–Crippen MR) is 146 cm³/mol. The molecule has 2 atom stereocenters. The first-order valence-electron chi connectivity index (χ1n) is 13.5. The molecule has 1 aliphatic rings. The number of ether oxygens (including phenoxy) is 2. The third kappa shape index (κ3) is 4.72. The summed E-state index contributed by atoms with van der Waals surface area (Å²) in [5, 5.41) is 31.4. The van der Waals surface area contributed by atoms with Gasteiger partial charge in [0.05, 0.1) is 42.3 Å². The van der Waals surface area contributed by atoms with Crippen molar-refractivity contribution in [3.05, 3.63) is 66.1 Å². The molecule has 0 spiro atoms. The van der Waals surface area contributed by atoms with Crippen LogP contribution in [0.2, 0.25) is 0 Å². The van der Waals surface area contributed by atoms with E-state index in [0.29, 0.717) is 25.3 Å². The maximum atomic E-state index is 13.3. The van der Waals surface area contributed by atoms with Gasteiger partial charge in [0.2, 0.25) is 0 Å². The molecule has 1 fully saturated rings. The van der Waals surface area contributed by atoms with Crippen LogP contribution < -0.4 is 10.1 Å². The molecule has 0 radical (unpaired) electrons. The van der Waals surface area contributed by atoms with E-state index in [-0.39, 0.29) is 12.0 Å². The minimum absolute atomic E-state index is 0.195. The number of pyridine rings is 2. The molecule has 1 aliphatic carbocycles. The van der Waals surface area contributed by atoms with Gasteiger partial charge in [0, 0.05) is 19.3 Å². The largest absolute Gasteiger partial charge is 0.492 e. The molecule has 40 heavy (non-hydrogen) atoms. The quantitative estimate of drug-likeness (QED) is 0.236. The lowest BCUT2D eigenvalue weighted by Gasteiger charge is -2.43. The first-order chi connectivity index (χ1) is 19.4. The van der Waals surface area contributed by atoms with Gasteiger partial charge in [-0.05, 0) is 68.7 Å². The van der Waals surface area contributed by atoms with Crippen LogP contribution in [0.5, 0.6) is 5.75 Å². The van der Waals surface area contributed by atoms with Crippen LogP contribution in [0.1, 0.15) is 62.6 Å². The SMILES string of the molecule is CCOc1cc(C2CCC(OC)(C(O)N[C@@H](C)c3ccc(-n4cc(F)cn4)nc3)CC2)c2c3cn[nH]c3nn2c1. The van der Waals surface area contributed by atoms with Crippen molar-refractivity contribution in [3.63, 3.8) is 0 Å². The molecule has 1 saturated carbocycles. The van der Waals surface area contributed by atoms with Gasteiger partial charge in [-0.25, -0.2) is 18.6 Å². The Morgan fingerprint density at radius 3 is 2.73 bits per heavy atom. The Balaban J connectivity index is 1.17. The summed E-state index contributed by atoms with van der Waals surface area (Å²) >= 11 is 0. The first kappa shape index (κ1) is 26.4. The molecular formula is C28H33FN8O3. The zero-order valence-electron chi connectivity index (χ0n) is 22.7. The number of nitrogens with one attached hydrogen (secondary N) is 2. The van der Waals surface area contributed by atoms with Crippen molar-refractivity contribution in [1.82, 2.24) is 39.9 Å². The van der Waals surface area contributed by atoms with Gasteiger partial charge >= 0.3 is 0 Å². The Bertz CT molecular complexity index is 1600. The lowest BCUT2D eigenvalue weighted by Crippen LogP contribution is -2.54. The van der Waals surface area contributed by atoms with E-state index in [4.69, 9.17) is 9.47 Å². The van der Waals surface area contributed by atoms with Crippen LogP contribution in [0.25, 0.3) is 22.4 Å². The van der Waals surface area contributed by atoms with E-state index in [1.165, 1.54) is 16.4 Å². The number of fused-ring (bicyclic) bond motifs is 3. The number of hydrogen-bond acceptors (Lipinski definition) is 8. The van der Waals surface area contributed by atoms with E-state index in [0.717, 1.165) is 46.9 Å². The maximum absolute atomic E-state index is 13.3. The molecule has 210 valence electrons. The smallest absolute Gasteiger partial charge is 0.178 e. The Morgan fingerprint density at radius 2 is 2.05 bits per heavy atom. The third-order valence-corrected chi connectivity index (χ3v) is 8.08. The molecule has 5 aromatic rings. The Morgan fingerprint density at radius 1 is 1.23 bits per heavy atom. The molecule has 0 amide bonds. The number of aromatic nitrogens is 7. The highest BCUT2D eigenvalue weighted by Gasteiger charge is 2.43. The Kier molecular flexibility index (Phi) is 6.99. The number of methoxy groups -OCH3 is 1. The summed E-state index contributed by atoms with van der Waals surface area (Å²) in [7, 11) is 1.66. The Hall–Kier alpha value is -3.87. The van der Waals surface area contributed by atoms with Crippen LogP contribution in [0.15, 0.2) is 49.2 Å². The van der Waals surface area contributed by atoms with Crippen molar-refractivity contribution in [2.24, 2.45) is 0 Å². The van der Waals surface area contributed by atoms with Crippen molar-refractivity contribution in [1.29, 1.82) is 0 Å². The Labute approximate surface area is 230 Å². The molecule has 3 N–H and O–H groups in total. The van der Waals surface area contributed by atoms with Gasteiger partial charge in [0.25, 0.3) is 0 Å². The summed E-state index contributed by atoms with van der Waals surface area (Å²) in [6.07, 6.45) is 9.94. The predicted octanol–water partition coefficient (Wildman–Crippen LogP) is 4.04. The number of hydrogen-bond donors (Lipinski definition) is 3. The van der Waals surface area contributed by atoms with E-state index in [1.54, 1.807) is 19.4 Å². The zero-order valence-corrected chi connectivity index (χ0v) is 22.7. The summed E-state index contributed by atoms with van der Waals surface area (Å²) in [5.74, 6) is 1.12. The van der Waals surface area contributed by atoms with Crippen molar-refractivity contribution in [2.75, 3.05) is 13.7 Å². The number of rotatable bonds is 9. The van der Waals surface area contributed by atoms with Gasteiger partial charge in [-0.15, -0.1) is 5.10 Å². The van der Waals surface area contributed by atoms with Gasteiger partial charge < -0.3 is 14.6 Å². The lowest BCUT2D eigenvalue weighted by molar-refractivity contribution is -0.139. The van der Waals surface area contributed by atoms with Crippen LogP contribution >= 0.6 is 0 Å². The first-order valence-corrected chi connectivity index (χ1v) is 13.5. The number of H-pyrrole nitrogens is 1. The van der Waals surface area contributed by atoms with E-state index in [9.17, 15) is 9.50 Å². The summed E-state index contributed by atoms with van der Waals surface area (Å²) in [4.78, 5) is 4.40. The summed E-state index contributed by atoms with van der Waals surface area (Å²) in [6.45, 7) is 4.50. The molecule has 0 bridgehead atoms. The molecule has 5 aromatic heterocycles. The second-order valence-electron chi connectivity index (χ2n) is 10.4. The number of halogens is 1. The average molecular weight is 549 g/mol. The van der Waals surface area contributed by atoms with Crippen LogP contribution in [-0.2, 0) is 4.74 Å². The van der Waals surface area contributed by atoms with Crippen molar-refractivity contribution in [2.45, 2.75) is 63.3 Å². The number of nitrogens with zero attached hydrogens (tertiary/aromatic N) is 6. The number of aliphatic hydroxyl groups excluding tert-OH is 1. The molecular weight excluding hydrogens is 515 g/mol. The molecule has 0 saturated heterocycles. The van der Waals surface area contributed by atoms with E-state index < -0.39 is 17.6 Å². The molecule has 6 rings (SSSR count). The van der Waals surface area contributed by atoms with E-state index >= 15 is 0 Å². The highest BCUT2D eigenvalue weighted by Crippen LogP contribution is 2.44. The molecule has 0 aromatic carbocycles. The second-order valence-corrected chi connectivity index (χ2v) is 10.4. The minimum atomic E-state index is -0.890. The maximum Gasteiger partial charge on any atom is 0.178 e. The van der Waals surface area contributed by atoms with Crippen LogP contribution in [0, 0.1) is 5.82 Å². The van der Waals surface area contributed by atoms with Gasteiger partial charge in [0.1, 0.15) is 17.6 Å². The normalized spacial score (nSPS) is 21.2. The summed E-state index contributed by atoms with van der Waals surface area (Å²) in [5.41, 5.74) is 3.09. The minimum Gasteiger partial charge on any atom is -0.492 e. The molecule has 12 heteroatoms. The molecule has 5 heterocycles. The third-order valence-electron chi connectivity index (χ3n) is 8.08. The molecule has 0 aliphatic heterocycles. The summed E-state index contributed by atoms with van der Waals surface area (Å²) in [6, 6.07) is 5.58.